The molecule has 0 radical (unpaired) electrons. The van der Waals surface area contributed by atoms with Crippen molar-refractivity contribution in [3.8, 4) is 11.5 Å². The van der Waals surface area contributed by atoms with Gasteiger partial charge in [-0.2, -0.15) is 0 Å². The lowest BCUT2D eigenvalue weighted by molar-refractivity contribution is -0.0706. The number of rotatable bonds is 7. The van der Waals surface area contributed by atoms with E-state index in [0.717, 1.165) is 40.3 Å². The molecule has 1 N–H and O–H groups in total. The van der Waals surface area contributed by atoms with Gasteiger partial charge in [0.15, 0.2) is 11.5 Å². The van der Waals surface area contributed by atoms with Crippen LogP contribution in [0, 0.1) is 23.2 Å². The Balaban J connectivity index is 1.45. The van der Waals surface area contributed by atoms with Crippen molar-refractivity contribution in [1.29, 1.82) is 0 Å². The van der Waals surface area contributed by atoms with Gasteiger partial charge in [-0.1, -0.05) is 0 Å². The first-order valence-electron chi connectivity index (χ1n) is 10.6. The van der Waals surface area contributed by atoms with E-state index in [2.05, 4.69) is 40.3 Å². The van der Waals surface area contributed by atoms with Crippen LogP contribution < -0.4 is 14.8 Å². The quantitative estimate of drug-likeness (QED) is 0.574. The van der Waals surface area contributed by atoms with Crippen LogP contribution in [-0.2, 0) is 6.54 Å². The molecule has 3 nitrogen and oxygen atoms in total. The van der Waals surface area contributed by atoms with E-state index in [1.165, 1.54) is 44.1 Å². The molecule has 27 heavy (non-hydrogen) atoms. The molecule has 4 saturated carbocycles. The van der Waals surface area contributed by atoms with Gasteiger partial charge in [-0.15, -0.1) is 0 Å². The molecule has 5 rings (SSSR count). The molecule has 0 saturated heterocycles. The largest absolute Gasteiger partial charge is 0.493 e. The monoisotopic (exact) mass is 435 g/mol. The molecule has 4 aliphatic carbocycles. The van der Waals surface area contributed by atoms with Crippen molar-refractivity contribution >= 4 is 15.9 Å². The van der Waals surface area contributed by atoms with Crippen LogP contribution in [0.5, 0.6) is 11.5 Å². The van der Waals surface area contributed by atoms with Gasteiger partial charge in [0.05, 0.1) is 17.7 Å². The molecule has 0 aromatic heterocycles. The van der Waals surface area contributed by atoms with E-state index in [1.807, 2.05) is 13.8 Å². The van der Waals surface area contributed by atoms with E-state index in [9.17, 15) is 0 Å². The summed E-state index contributed by atoms with van der Waals surface area (Å²) < 4.78 is 12.5. The van der Waals surface area contributed by atoms with Crippen LogP contribution in [0.25, 0.3) is 0 Å². The summed E-state index contributed by atoms with van der Waals surface area (Å²) in [7, 11) is 1.71. The van der Waals surface area contributed by atoms with Crippen molar-refractivity contribution in [1.82, 2.24) is 5.32 Å². The number of benzene rings is 1. The zero-order valence-electron chi connectivity index (χ0n) is 17.2. The highest BCUT2D eigenvalue weighted by Crippen LogP contribution is 2.61. The maximum absolute atomic E-state index is 5.92. The Morgan fingerprint density at radius 2 is 1.67 bits per heavy atom. The number of ether oxygens (including phenoxy) is 2. The van der Waals surface area contributed by atoms with E-state index in [4.69, 9.17) is 9.47 Å². The van der Waals surface area contributed by atoms with Crippen LogP contribution in [0.3, 0.4) is 0 Å². The van der Waals surface area contributed by atoms with Crippen LogP contribution in [-0.4, -0.2) is 19.3 Å². The molecule has 1 atom stereocenters. The van der Waals surface area contributed by atoms with Crippen LogP contribution in [0.4, 0.5) is 0 Å². The molecule has 0 aliphatic heterocycles. The first kappa shape index (κ1) is 19.6. The lowest BCUT2D eigenvalue weighted by Gasteiger charge is -2.59. The SMILES string of the molecule is COc1cc(CNC(C)C23CC4CC(CC(C4)C2)C3)cc(Br)c1OC(C)C. The summed E-state index contributed by atoms with van der Waals surface area (Å²) in [6.07, 6.45) is 8.98. The number of nitrogens with one attached hydrogen (secondary N) is 1. The molecule has 1 aromatic carbocycles. The first-order chi connectivity index (χ1) is 12.9. The highest BCUT2D eigenvalue weighted by Gasteiger charge is 2.52. The molecule has 1 unspecified atom stereocenters. The summed E-state index contributed by atoms with van der Waals surface area (Å²) in [5.41, 5.74) is 1.78. The van der Waals surface area contributed by atoms with E-state index in [-0.39, 0.29) is 6.10 Å². The molecule has 4 aliphatic rings. The molecule has 0 heterocycles. The van der Waals surface area contributed by atoms with Crippen molar-refractivity contribution in [2.24, 2.45) is 23.2 Å². The average Bonchev–Trinajstić information content (AvgIpc) is 2.60. The smallest absolute Gasteiger partial charge is 0.175 e. The second kappa shape index (κ2) is 7.59. The fourth-order valence-electron chi connectivity index (χ4n) is 6.42. The zero-order valence-corrected chi connectivity index (χ0v) is 18.8. The normalized spacial score (nSPS) is 32.7. The minimum absolute atomic E-state index is 0.121. The predicted molar refractivity (Wildman–Crippen MR) is 113 cm³/mol. The van der Waals surface area contributed by atoms with Crippen LogP contribution in [0.2, 0.25) is 0 Å². The summed E-state index contributed by atoms with van der Waals surface area (Å²) in [5.74, 6) is 4.61. The van der Waals surface area contributed by atoms with Gasteiger partial charge >= 0.3 is 0 Å². The summed E-state index contributed by atoms with van der Waals surface area (Å²) >= 11 is 3.67. The molecule has 1 aromatic rings. The third-order valence-corrected chi connectivity index (χ3v) is 7.85. The fourth-order valence-corrected chi connectivity index (χ4v) is 7.00. The number of methoxy groups -OCH3 is 1. The van der Waals surface area contributed by atoms with Gasteiger partial charge in [0.2, 0.25) is 0 Å². The minimum Gasteiger partial charge on any atom is -0.493 e. The molecule has 4 heteroatoms. The Labute approximate surface area is 172 Å². The molecule has 0 spiro atoms. The van der Waals surface area contributed by atoms with Crippen LogP contribution in [0.15, 0.2) is 16.6 Å². The highest BCUT2D eigenvalue weighted by molar-refractivity contribution is 9.10. The van der Waals surface area contributed by atoms with Gasteiger partial charge in [-0.25, -0.2) is 0 Å². The minimum atomic E-state index is 0.121. The third-order valence-electron chi connectivity index (χ3n) is 7.26. The van der Waals surface area contributed by atoms with Gasteiger partial charge in [0.25, 0.3) is 0 Å². The molecule has 0 amide bonds. The van der Waals surface area contributed by atoms with Gasteiger partial charge < -0.3 is 14.8 Å². The lowest BCUT2D eigenvalue weighted by atomic mass is 9.48. The van der Waals surface area contributed by atoms with E-state index >= 15 is 0 Å². The average molecular weight is 436 g/mol. The summed E-state index contributed by atoms with van der Waals surface area (Å²) in [4.78, 5) is 0. The van der Waals surface area contributed by atoms with Crippen molar-refractivity contribution in [3.05, 3.63) is 22.2 Å². The number of halogens is 1. The number of hydrogen-bond acceptors (Lipinski definition) is 3. The number of hydrogen-bond donors (Lipinski definition) is 1. The maximum Gasteiger partial charge on any atom is 0.175 e. The van der Waals surface area contributed by atoms with E-state index < -0.39 is 0 Å². The topological polar surface area (TPSA) is 30.5 Å². The molecule has 150 valence electrons. The van der Waals surface area contributed by atoms with Crippen molar-refractivity contribution in [2.75, 3.05) is 7.11 Å². The summed E-state index contributed by atoms with van der Waals surface area (Å²) in [6.45, 7) is 7.37. The highest BCUT2D eigenvalue weighted by atomic mass is 79.9. The van der Waals surface area contributed by atoms with Gasteiger partial charge in [-0.05, 0) is 116 Å². The Kier molecular flexibility index (Phi) is 5.50. The van der Waals surface area contributed by atoms with Crippen LogP contribution in [0.1, 0.15) is 64.9 Å². The lowest BCUT2D eigenvalue weighted by Crippen LogP contribution is -2.54. The Morgan fingerprint density at radius 3 is 2.19 bits per heavy atom. The molecule has 4 fully saturated rings. The van der Waals surface area contributed by atoms with Crippen molar-refractivity contribution in [2.45, 2.75) is 78.0 Å². The fraction of sp³-hybridized carbons (Fsp3) is 0.739. The van der Waals surface area contributed by atoms with E-state index in [0.29, 0.717) is 11.5 Å². The summed E-state index contributed by atoms with van der Waals surface area (Å²) in [6, 6.07) is 4.85. The molecular weight excluding hydrogens is 402 g/mol. The Hall–Kier alpha value is -0.740. The molecule has 4 bridgehead atoms. The standard InChI is InChI=1S/C23H34BrNO2/c1-14(2)27-22-20(24)8-19(9-21(22)26-4)13-25-15(3)23-10-16-5-17(11-23)7-18(6-16)12-23/h8-9,14-18,25H,5-7,10-13H2,1-4H3. The second-order valence-corrected chi connectivity index (χ2v) is 10.5. The first-order valence-corrected chi connectivity index (χ1v) is 11.4. The predicted octanol–water partition coefficient (Wildman–Crippen LogP) is 5.94. The zero-order chi connectivity index (χ0) is 19.2. The second-order valence-electron chi connectivity index (χ2n) is 9.66. The van der Waals surface area contributed by atoms with Crippen molar-refractivity contribution < 1.29 is 9.47 Å². The van der Waals surface area contributed by atoms with Gasteiger partial charge in [-0.3, -0.25) is 0 Å². The van der Waals surface area contributed by atoms with Gasteiger partial charge in [0, 0.05) is 12.6 Å². The van der Waals surface area contributed by atoms with E-state index in [1.54, 1.807) is 7.11 Å². The molecular formula is C23H34BrNO2. The Bertz CT molecular complexity index is 652. The van der Waals surface area contributed by atoms with Crippen molar-refractivity contribution in [3.63, 3.8) is 0 Å². The van der Waals surface area contributed by atoms with Crippen LogP contribution >= 0.6 is 15.9 Å². The summed E-state index contributed by atoms with van der Waals surface area (Å²) in [5, 5.41) is 3.88. The maximum atomic E-state index is 5.92. The Morgan fingerprint density at radius 1 is 1.07 bits per heavy atom. The van der Waals surface area contributed by atoms with Gasteiger partial charge in [0.1, 0.15) is 0 Å². The third kappa shape index (κ3) is 3.89.